The van der Waals surface area contributed by atoms with Crippen LogP contribution in [-0.2, 0) is 0 Å². The molecule has 0 bridgehead atoms. The molecule has 2 rings (SSSR count). The number of rotatable bonds is 4. The van der Waals surface area contributed by atoms with Crippen molar-refractivity contribution in [2.75, 3.05) is 0 Å². The highest BCUT2D eigenvalue weighted by atomic mass is 35.5. The van der Waals surface area contributed by atoms with Crippen LogP contribution in [0.4, 0.5) is 5.69 Å². The molecule has 2 aromatic rings. The molecule has 0 heterocycles. The minimum absolute atomic E-state index is 0.0683. The zero-order valence-electron chi connectivity index (χ0n) is 10.3. The molecular weight excluding hydrogens is 278 g/mol. The van der Waals surface area contributed by atoms with E-state index in [0.29, 0.717) is 16.1 Å². The summed E-state index contributed by atoms with van der Waals surface area (Å²) in [6.07, 6.45) is 2.82. The molecule has 0 saturated heterocycles. The number of benzene rings is 2. The molecular formula is C15H10ClNO3. The molecule has 0 aliphatic rings. The van der Waals surface area contributed by atoms with E-state index in [1.54, 1.807) is 24.3 Å². The van der Waals surface area contributed by atoms with Crippen LogP contribution in [0.25, 0.3) is 6.08 Å². The third kappa shape index (κ3) is 3.30. The average molecular weight is 288 g/mol. The topological polar surface area (TPSA) is 60.2 Å². The molecule has 5 heteroatoms. The van der Waals surface area contributed by atoms with Gasteiger partial charge in [-0.15, -0.1) is 0 Å². The van der Waals surface area contributed by atoms with Crippen LogP contribution in [0.3, 0.4) is 0 Å². The number of nitrogens with zero attached hydrogens (tertiary/aromatic N) is 1. The van der Waals surface area contributed by atoms with E-state index in [9.17, 15) is 14.9 Å². The van der Waals surface area contributed by atoms with Gasteiger partial charge in [0.25, 0.3) is 5.69 Å². The average Bonchev–Trinajstić information content (AvgIpc) is 2.46. The summed E-state index contributed by atoms with van der Waals surface area (Å²) in [5, 5.41) is 11.0. The Bertz CT molecular complexity index is 681. The second kappa shape index (κ2) is 6.12. The molecule has 0 fully saturated rings. The Hall–Kier alpha value is -2.46. The Labute approximate surface area is 120 Å². The maximum atomic E-state index is 11.9. The fourth-order valence-electron chi connectivity index (χ4n) is 1.64. The third-order valence-electron chi connectivity index (χ3n) is 2.66. The van der Waals surface area contributed by atoms with Crippen molar-refractivity contribution in [2.45, 2.75) is 0 Å². The molecule has 0 saturated carbocycles. The highest BCUT2D eigenvalue weighted by Crippen LogP contribution is 2.23. The highest BCUT2D eigenvalue weighted by Gasteiger charge is 2.08. The summed E-state index contributed by atoms with van der Waals surface area (Å²) in [6.45, 7) is 0. The Morgan fingerprint density at radius 2 is 1.85 bits per heavy atom. The normalized spacial score (nSPS) is 10.7. The van der Waals surface area contributed by atoms with Gasteiger partial charge in [0.1, 0.15) is 0 Å². The highest BCUT2D eigenvalue weighted by molar-refractivity contribution is 6.32. The number of nitro benzene ring substituents is 1. The summed E-state index contributed by atoms with van der Waals surface area (Å²) < 4.78 is 0. The number of nitro groups is 1. The molecule has 0 aliphatic heterocycles. The van der Waals surface area contributed by atoms with Crippen molar-refractivity contribution in [2.24, 2.45) is 0 Å². The van der Waals surface area contributed by atoms with Gasteiger partial charge in [0.2, 0.25) is 0 Å². The Balaban J connectivity index is 2.25. The van der Waals surface area contributed by atoms with Crippen molar-refractivity contribution >= 4 is 29.1 Å². The van der Waals surface area contributed by atoms with Crippen molar-refractivity contribution in [3.63, 3.8) is 0 Å². The molecule has 0 aliphatic carbocycles. The lowest BCUT2D eigenvalue weighted by Crippen LogP contribution is -1.93. The SMILES string of the molecule is O=C(/C=C/c1cc([N+](=O)[O-])ccc1Cl)c1ccccc1. The monoisotopic (exact) mass is 287 g/mol. The van der Waals surface area contributed by atoms with E-state index in [1.165, 1.54) is 30.4 Å². The minimum atomic E-state index is -0.507. The number of hydrogen-bond donors (Lipinski definition) is 0. The Kier molecular flexibility index (Phi) is 4.27. The van der Waals surface area contributed by atoms with E-state index in [-0.39, 0.29) is 11.5 Å². The molecule has 0 spiro atoms. The van der Waals surface area contributed by atoms with Gasteiger partial charge in [0.05, 0.1) is 4.92 Å². The quantitative estimate of drug-likeness (QED) is 0.367. The van der Waals surface area contributed by atoms with Gasteiger partial charge in [-0.25, -0.2) is 0 Å². The van der Waals surface area contributed by atoms with Crippen LogP contribution in [0.2, 0.25) is 5.02 Å². The molecule has 0 aromatic heterocycles. The summed E-state index contributed by atoms with van der Waals surface area (Å²) in [7, 11) is 0. The molecule has 0 radical (unpaired) electrons. The zero-order valence-corrected chi connectivity index (χ0v) is 11.1. The minimum Gasteiger partial charge on any atom is -0.289 e. The van der Waals surface area contributed by atoms with Gasteiger partial charge < -0.3 is 0 Å². The number of carbonyl (C=O) groups is 1. The molecule has 0 N–H and O–H groups in total. The fourth-order valence-corrected chi connectivity index (χ4v) is 1.82. The largest absolute Gasteiger partial charge is 0.289 e. The van der Waals surface area contributed by atoms with Crippen LogP contribution in [0.1, 0.15) is 15.9 Å². The first-order chi connectivity index (χ1) is 9.58. The van der Waals surface area contributed by atoms with Crippen LogP contribution in [-0.4, -0.2) is 10.7 Å². The second-order valence-corrected chi connectivity index (χ2v) is 4.43. The number of ketones is 1. The van der Waals surface area contributed by atoms with E-state index in [0.717, 1.165) is 0 Å². The van der Waals surface area contributed by atoms with Crippen LogP contribution >= 0.6 is 11.6 Å². The predicted octanol–water partition coefficient (Wildman–Crippen LogP) is 4.14. The summed E-state index contributed by atoms with van der Waals surface area (Å²) in [6, 6.07) is 12.8. The number of hydrogen-bond acceptors (Lipinski definition) is 3. The van der Waals surface area contributed by atoms with Crippen molar-refractivity contribution in [1.29, 1.82) is 0 Å². The van der Waals surface area contributed by atoms with Gasteiger partial charge >= 0.3 is 0 Å². The number of allylic oxidation sites excluding steroid dienone is 1. The van der Waals surface area contributed by atoms with Crippen molar-refractivity contribution in [3.05, 3.63) is 80.9 Å². The second-order valence-electron chi connectivity index (χ2n) is 4.03. The lowest BCUT2D eigenvalue weighted by Gasteiger charge is -1.98. The standard InChI is InChI=1S/C15H10ClNO3/c16-14-8-7-13(17(19)20)10-12(14)6-9-15(18)11-4-2-1-3-5-11/h1-10H/b9-6+. The van der Waals surface area contributed by atoms with Crippen LogP contribution in [0.5, 0.6) is 0 Å². The van der Waals surface area contributed by atoms with E-state index in [4.69, 9.17) is 11.6 Å². The summed E-state index contributed by atoms with van der Waals surface area (Å²) in [5.41, 5.74) is 0.914. The lowest BCUT2D eigenvalue weighted by atomic mass is 10.1. The van der Waals surface area contributed by atoms with Gasteiger partial charge in [-0.05, 0) is 23.8 Å². The molecule has 4 nitrogen and oxygen atoms in total. The number of non-ortho nitro benzene ring substituents is 1. The zero-order chi connectivity index (χ0) is 14.5. The van der Waals surface area contributed by atoms with Crippen LogP contribution in [0, 0.1) is 10.1 Å². The Morgan fingerprint density at radius 3 is 2.50 bits per heavy atom. The first-order valence-corrected chi connectivity index (χ1v) is 6.17. The van der Waals surface area contributed by atoms with Crippen LogP contribution < -0.4 is 0 Å². The fraction of sp³-hybridized carbons (Fsp3) is 0. The van der Waals surface area contributed by atoms with Crippen molar-refractivity contribution in [3.8, 4) is 0 Å². The third-order valence-corrected chi connectivity index (χ3v) is 3.01. The molecule has 0 amide bonds. The van der Waals surface area contributed by atoms with E-state index in [2.05, 4.69) is 0 Å². The van der Waals surface area contributed by atoms with Gasteiger partial charge in [0, 0.05) is 22.7 Å². The van der Waals surface area contributed by atoms with Crippen molar-refractivity contribution in [1.82, 2.24) is 0 Å². The number of carbonyl (C=O) groups excluding carboxylic acids is 1. The summed E-state index contributed by atoms with van der Waals surface area (Å²) in [5.74, 6) is -0.187. The first kappa shape index (κ1) is 14.0. The van der Waals surface area contributed by atoms with Gasteiger partial charge in [-0.3, -0.25) is 14.9 Å². The molecule has 100 valence electrons. The van der Waals surface area contributed by atoms with E-state index in [1.807, 2.05) is 6.07 Å². The Morgan fingerprint density at radius 1 is 1.15 bits per heavy atom. The summed E-state index contributed by atoms with van der Waals surface area (Å²) in [4.78, 5) is 22.1. The van der Waals surface area contributed by atoms with Gasteiger partial charge in [-0.2, -0.15) is 0 Å². The predicted molar refractivity (Wildman–Crippen MR) is 77.9 cm³/mol. The van der Waals surface area contributed by atoms with E-state index < -0.39 is 4.92 Å². The summed E-state index contributed by atoms with van der Waals surface area (Å²) >= 11 is 5.95. The molecule has 2 aromatic carbocycles. The molecule has 0 atom stereocenters. The number of halogens is 1. The van der Waals surface area contributed by atoms with Gasteiger partial charge in [-0.1, -0.05) is 41.9 Å². The van der Waals surface area contributed by atoms with Crippen LogP contribution in [0.15, 0.2) is 54.6 Å². The van der Waals surface area contributed by atoms with E-state index >= 15 is 0 Å². The van der Waals surface area contributed by atoms with Crippen molar-refractivity contribution < 1.29 is 9.72 Å². The molecule has 20 heavy (non-hydrogen) atoms. The first-order valence-electron chi connectivity index (χ1n) is 5.79. The maximum Gasteiger partial charge on any atom is 0.270 e. The smallest absolute Gasteiger partial charge is 0.270 e. The maximum absolute atomic E-state index is 11.9. The van der Waals surface area contributed by atoms with Gasteiger partial charge in [0.15, 0.2) is 5.78 Å². The molecule has 0 unspecified atom stereocenters. The lowest BCUT2D eigenvalue weighted by molar-refractivity contribution is -0.384.